The fraction of sp³-hybridized carbons (Fsp3) is 0.500. The minimum Gasteiger partial charge on any atom is -0.358 e. The van der Waals surface area contributed by atoms with E-state index in [9.17, 15) is 14.4 Å². The number of nitrogens with one attached hydrogen (secondary N) is 2. The van der Waals surface area contributed by atoms with Crippen LogP contribution in [0, 0.1) is 18.3 Å². The number of imide groups is 1. The van der Waals surface area contributed by atoms with Gasteiger partial charge in [0.25, 0.3) is 5.91 Å². The number of amides is 3. The van der Waals surface area contributed by atoms with Crippen molar-refractivity contribution in [2.45, 2.75) is 52.5 Å². The molecule has 3 amide bonds. The molecule has 2 heterocycles. The lowest BCUT2D eigenvalue weighted by molar-refractivity contribution is -0.134. The van der Waals surface area contributed by atoms with E-state index < -0.39 is 11.6 Å². The van der Waals surface area contributed by atoms with Gasteiger partial charge in [-0.3, -0.25) is 14.5 Å². The number of carbonyl (C=O) groups excluding carboxylic acids is 3. The Morgan fingerprint density at radius 3 is 2.64 bits per heavy atom. The van der Waals surface area contributed by atoms with Crippen LogP contribution >= 0.6 is 0 Å². The summed E-state index contributed by atoms with van der Waals surface area (Å²) in [6.07, 6.45) is 2.24. The van der Waals surface area contributed by atoms with E-state index in [1.807, 2.05) is 31.2 Å². The van der Waals surface area contributed by atoms with Gasteiger partial charge in [0, 0.05) is 22.2 Å². The number of Topliss-reactive ketones (excluding diaryl/α,β-unsaturated/α-hetero) is 1. The molecule has 4 rings (SSSR count). The Labute approximate surface area is 164 Å². The van der Waals surface area contributed by atoms with Gasteiger partial charge in [-0.1, -0.05) is 39.0 Å². The molecule has 2 aliphatic rings. The first kappa shape index (κ1) is 18.7. The number of benzene rings is 1. The number of aromatic amines is 1. The number of aromatic nitrogens is 1. The standard InChI is InChI=1S/C22H27N3O3/c1-13-9-21(3,4)12-22(10-13)19(27)25(20(28)24-22)11-17(26)18-14(2)23-16-8-6-5-7-15(16)18/h5-8,13,23H,9-12H2,1-4H3,(H,24,28)/t13-,22+/m1/s1. The highest BCUT2D eigenvalue weighted by Crippen LogP contribution is 2.46. The zero-order valence-corrected chi connectivity index (χ0v) is 16.9. The van der Waals surface area contributed by atoms with E-state index in [-0.39, 0.29) is 23.7 Å². The maximum absolute atomic E-state index is 13.3. The van der Waals surface area contributed by atoms with Gasteiger partial charge < -0.3 is 10.3 Å². The number of carbonyl (C=O) groups is 3. The fourth-order valence-corrected chi connectivity index (χ4v) is 5.51. The van der Waals surface area contributed by atoms with Crippen molar-refractivity contribution >= 4 is 28.6 Å². The molecule has 2 atom stereocenters. The number of nitrogens with zero attached hydrogens (tertiary/aromatic N) is 1. The molecule has 0 unspecified atom stereocenters. The zero-order valence-electron chi connectivity index (χ0n) is 16.9. The third-order valence-electron chi connectivity index (χ3n) is 6.10. The van der Waals surface area contributed by atoms with E-state index in [2.05, 4.69) is 31.1 Å². The van der Waals surface area contributed by atoms with Crippen LogP contribution < -0.4 is 5.32 Å². The van der Waals surface area contributed by atoms with E-state index in [1.54, 1.807) is 0 Å². The van der Waals surface area contributed by atoms with Crippen molar-refractivity contribution < 1.29 is 14.4 Å². The summed E-state index contributed by atoms with van der Waals surface area (Å²) in [6.45, 7) is 7.99. The van der Waals surface area contributed by atoms with Crippen molar-refractivity contribution in [3.8, 4) is 0 Å². The van der Waals surface area contributed by atoms with E-state index in [0.717, 1.165) is 27.9 Å². The largest absolute Gasteiger partial charge is 0.358 e. The molecule has 6 nitrogen and oxygen atoms in total. The summed E-state index contributed by atoms with van der Waals surface area (Å²) in [6, 6.07) is 7.11. The third kappa shape index (κ3) is 2.91. The number of hydrogen-bond donors (Lipinski definition) is 2. The molecule has 148 valence electrons. The molecule has 0 radical (unpaired) electrons. The first-order valence-corrected chi connectivity index (χ1v) is 9.86. The van der Waals surface area contributed by atoms with E-state index in [0.29, 0.717) is 24.3 Å². The van der Waals surface area contributed by atoms with Crippen LogP contribution in [0.1, 0.15) is 56.1 Å². The second kappa shape index (κ2) is 6.19. The van der Waals surface area contributed by atoms with Crippen LogP contribution in [0.3, 0.4) is 0 Å². The third-order valence-corrected chi connectivity index (χ3v) is 6.10. The summed E-state index contributed by atoms with van der Waals surface area (Å²) in [5, 5.41) is 3.75. The molecule has 1 aromatic carbocycles. The van der Waals surface area contributed by atoms with Gasteiger partial charge in [0.1, 0.15) is 5.54 Å². The summed E-state index contributed by atoms with van der Waals surface area (Å²) >= 11 is 0. The van der Waals surface area contributed by atoms with Gasteiger partial charge in [-0.25, -0.2) is 4.79 Å². The van der Waals surface area contributed by atoms with Gasteiger partial charge in [-0.05, 0) is 43.6 Å². The quantitative estimate of drug-likeness (QED) is 0.627. The number of ketones is 1. The first-order valence-electron chi connectivity index (χ1n) is 9.86. The SMILES string of the molecule is Cc1[nH]c2ccccc2c1C(=O)CN1C(=O)N[C@]2(C[C@H](C)CC(C)(C)C2)C1=O. The number of urea groups is 1. The molecular weight excluding hydrogens is 354 g/mol. The molecule has 2 fully saturated rings. The highest BCUT2D eigenvalue weighted by Gasteiger charge is 2.56. The second-order valence-corrected chi connectivity index (χ2v) is 9.35. The van der Waals surface area contributed by atoms with Crippen LogP contribution in [0.15, 0.2) is 24.3 Å². The predicted octanol–water partition coefficient (Wildman–Crippen LogP) is 3.80. The Bertz CT molecular complexity index is 990. The normalized spacial score (nSPS) is 26.9. The number of para-hydroxylation sites is 1. The smallest absolute Gasteiger partial charge is 0.325 e. The Morgan fingerprint density at radius 2 is 1.93 bits per heavy atom. The Kier molecular flexibility index (Phi) is 4.14. The number of hydrogen-bond acceptors (Lipinski definition) is 3. The number of aryl methyl sites for hydroxylation is 1. The zero-order chi connectivity index (χ0) is 20.3. The number of rotatable bonds is 3. The van der Waals surface area contributed by atoms with Crippen molar-refractivity contribution in [3.63, 3.8) is 0 Å². The van der Waals surface area contributed by atoms with E-state index in [1.165, 1.54) is 0 Å². The van der Waals surface area contributed by atoms with E-state index in [4.69, 9.17) is 0 Å². The van der Waals surface area contributed by atoms with Crippen molar-refractivity contribution in [2.75, 3.05) is 6.54 Å². The van der Waals surface area contributed by atoms with Gasteiger partial charge in [-0.15, -0.1) is 0 Å². The van der Waals surface area contributed by atoms with Crippen molar-refractivity contribution in [1.29, 1.82) is 0 Å². The molecule has 1 aliphatic heterocycles. The van der Waals surface area contributed by atoms with Crippen molar-refractivity contribution in [1.82, 2.24) is 15.2 Å². The maximum Gasteiger partial charge on any atom is 0.325 e. The average Bonchev–Trinajstić information content (AvgIpc) is 3.01. The monoisotopic (exact) mass is 381 g/mol. The van der Waals surface area contributed by atoms with Crippen molar-refractivity contribution in [2.24, 2.45) is 11.3 Å². The van der Waals surface area contributed by atoms with Gasteiger partial charge in [-0.2, -0.15) is 0 Å². The summed E-state index contributed by atoms with van der Waals surface area (Å²) in [5.41, 5.74) is 1.26. The Balaban J connectivity index is 1.62. The highest BCUT2D eigenvalue weighted by atomic mass is 16.2. The van der Waals surface area contributed by atoms with Crippen LogP contribution in [0.2, 0.25) is 0 Å². The number of fused-ring (bicyclic) bond motifs is 1. The van der Waals surface area contributed by atoms with Crippen LogP contribution in [0.25, 0.3) is 10.9 Å². The van der Waals surface area contributed by atoms with Crippen LogP contribution in [0.5, 0.6) is 0 Å². The molecular formula is C22H27N3O3. The van der Waals surface area contributed by atoms with Gasteiger partial charge in [0.2, 0.25) is 0 Å². The fourth-order valence-electron chi connectivity index (χ4n) is 5.51. The summed E-state index contributed by atoms with van der Waals surface area (Å²) in [7, 11) is 0. The molecule has 0 bridgehead atoms. The topological polar surface area (TPSA) is 82.3 Å². The molecule has 1 saturated carbocycles. The molecule has 2 aromatic rings. The minimum absolute atomic E-state index is 0.0337. The summed E-state index contributed by atoms with van der Waals surface area (Å²) < 4.78 is 0. The van der Waals surface area contributed by atoms with E-state index >= 15 is 0 Å². The predicted molar refractivity (Wildman–Crippen MR) is 107 cm³/mol. The number of H-pyrrole nitrogens is 1. The van der Waals surface area contributed by atoms with Crippen LogP contribution in [-0.2, 0) is 4.79 Å². The maximum atomic E-state index is 13.3. The van der Waals surface area contributed by atoms with Gasteiger partial charge in [0.05, 0.1) is 6.54 Å². The van der Waals surface area contributed by atoms with Crippen LogP contribution in [-0.4, -0.2) is 39.7 Å². The lowest BCUT2D eigenvalue weighted by Crippen LogP contribution is -2.54. The molecule has 6 heteroatoms. The molecule has 28 heavy (non-hydrogen) atoms. The Hall–Kier alpha value is -2.63. The average molecular weight is 381 g/mol. The van der Waals surface area contributed by atoms with Gasteiger partial charge >= 0.3 is 6.03 Å². The molecule has 2 N–H and O–H groups in total. The first-order chi connectivity index (χ1) is 13.1. The summed E-state index contributed by atoms with van der Waals surface area (Å²) in [5.74, 6) is -0.152. The lowest BCUT2D eigenvalue weighted by Gasteiger charge is -2.43. The molecule has 1 spiro atoms. The molecule has 1 saturated heterocycles. The summed E-state index contributed by atoms with van der Waals surface area (Å²) in [4.78, 5) is 43.3. The van der Waals surface area contributed by atoms with Crippen molar-refractivity contribution in [3.05, 3.63) is 35.5 Å². The lowest BCUT2D eigenvalue weighted by atomic mass is 9.64. The molecule has 1 aliphatic carbocycles. The highest BCUT2D eigenvalue weighted by molar-refractivity contribution is 6.15. The molecule has 1 aromatic heterocycles. The Morgan fingerprint density at radius 1 is 1.21 bits per heavy atom. The van der Waals surface area contributed by atoms with Crippen LogP contribution in [0.4, 0.5) is 4.79 Å². The second-order valence-electron chi connectivity index (χ2n) is 9.35. The van der Waals surface area contributed by atoms with Gasteiger partial charge in [0.15, 0.2) is 5.78 Å². The minimum atomic E-state index is -0.881.